The monoisotopic (exact) mass is 440 g/mol. The Labute approximate surface area is 176 Å². The average Bonchev–Trinajstić information content (AvgIpc) is 2.61. The predicted molar refractivity (Wildman–Crippen MR) is 119 cm³/mol. The van der Waals surface area contributed by atoms with Crippen LogP contribution in [0.1, 0.15) is 18.1 Å². The van der Waals surface area contributed by atoms with Crippen molar-refractivity contribution >= 4 is 45.0 Å². The van der Waals surface area contributed by atoms with Gasteiger partial charge in [0.05, 0.1) is 11.9 Å². The van der Waals surface area contributed by atoms with Crippen LogP contribution in [0.15, 0.2) is 48.5 Å². The number of thioether (sulfide) groups is 1. The molecule has 0 bridgehead atoms. The third-order valence-corrected chi connectivity index (χ3v) is 6.59. The number of halogens is 1. The molecule has 0 radical (unpaired) electrons. The first-order chi connectivity index (χ1) is 13.2. The van der Waals surface area contributed by atoms with Gasteiger partial charge >= 0.3 is 0 Å². The number of nitrogens with one attached hydrogen (secondary N) is 1. The molecule has 2 rings (SSSR count). The van der Waals surface area contributed by atoms with Crippen molar-refractivity contribution in [1.29, 1.82) is 0 Å². The molecule has 0 aliphatic heterocycles. The van der Waals surface area contributed by atoms with Crippen LogP contribution >= 0.6 is 23.4 Å². The molecule has 0 aliphatic rings. The minimum absolute atomic E-state index is 0.346. The van der Waals surface area contributed by atoms with E-state index in [-0.39, 0.29) is 5.91 Å². The van der Waals surface area contributed by atoms with Crippen LogP contribution in [0.4, 0.5) is 5.69 Å². The van der Waals surface area contributed by atoms with E-state index < -0.39 is 16.1 Å². The standard InChI is InChI=1S/C20H25ClN2O3S2/c1-15-7-9-17(10-8-15)14-27-12-11-22-20(24)16(2)23(28(3,25)26)19-6-4-5-18(21)13-19/h4-10,13,16H,11-12,14H2,1-3H3,(H,22,24). The summed E-state index contributed by atoms with van der Waals surface area (Å²) in [7, 11) is -3.65. The molecule has 2 aromatic carbocycles. The molecule has 0 saturated heterocycles. The third-order valence-electron chi connectivity index (χ3n) is 4.09. The zero-order valence-electron chi connectivity index (χ0n) is 16.2. The summed E-state index contributed by atoms with van der Waals surface area (Å²) < 4.78 is 25.6. The molecule has 1 atom stereocenters. The number of rotatable bonds is 9. The SMILES string of the molecule is Cc1ccc(CSCCNC(=O)C(C)N(c2cccc(Cl)c2)S(C)(=O)=O)cc1. The van der Waals surface area contributed by atoms with Crippen molar-refractivity contribution in [2.75, 3.05) is 22.9 Å². The number of carbonyl (C=O) groups is 1. The summed E-state index contributed by atoms with van der Waals surface area (Å²) in [5.41, 5.74) is 2.83. The van der Waals surface area contributed by atoms with Crippen molar-refractivity contribution in [2.45, 2.75) is 25.6 Å². The van der Waals surface area contributed by atoms with Crippen LogP contribution in [0.25, 0.3) is 0 Å². The van der Waals surface area contributed by atoms with Crippen LogP contribution in [0.5, 0.6) is 0 Å². The summed E-state index contributed by atoms with van der Waals surface area (Å²) >= 11 is 7.69. The highest BCUT2D eigenvalue weighted by Gasteiger charge is 2.28. The Morgan fingerprint density at radius 3 is 2.50 bits per heavy atom. The molecule has 0 spiro atoms. The number of aryl methyl sites for hydroxylation is 1. The van der Waals surface area contributed by atoms with Crippen molar-refractivity contribution in [2.24, 2.45) is 0 Å². The van der Waals surface area contributed by atoms with Crippen LogP contribution in [0, 0.1) is 6.92 Å². The summed E-state index contributed by atoms with van der Waals surface area (Å²) in [6.07, 6.45) is 1.08. The Bertz CT molecular complexity index is 902. The lowest BCUT2D eigenvalue weighted by molar-refractivity contribution is -0.121. The van der Waals surface area contributed by atoms with Crippen LogP contribution < -0.4 is 9.62 Å². The first-order valence-electron chi connectivity index (χ1n) is 8.84. The van der Waals surface area contributed by atoms with E-state index >= 15 is 0 Å². The van der Waals surface area contributed by atoms with Gasteiger partial charge in [-0.05, 0) is 37.6 Å². The van der Waals surface area contributed by atoms with E-state index in [1.54, 1.807) is 36.9 Å². The number of hydrogen-bond acceptors (Lipinski definition) is 4. The minimum Gasteiger partial charge on any atom is -0.353 e. The minimum atomic E-state index is -3.65. The number of carbonyl (C=O) groups excluding carboxylic acids is 1. The van der Waals surface area contributed by atoms with Gasteiger partial charge in [0.2, 0.25) is 15.9 Å². The van der Waals surface area contributed by atoms with Gasteiger partial charge in [-0.1, -0.05) is 47.5 Å². The molecule has 1 N–H and O–H groups in total. The van der Waals surface area contributed by atoms with Crippen LogP contribution in [0.2, 0.25) is 5.02 Å². The van der Waals surface area contributed by atoms with Crippen molar-refractivity contribution in [3.05, 3.63) is 64.7 Å². The lowest BCUT2D eigenvalue weighted by Gasteiger charge is -2.28. The van der Waals surface area contributed by atoms with Crippen molar-refractivity contribution in [1.82, 2.24) is 5.32 Å². The maximum absolute atomic E-state index is 12.5. The molecule has 1 unspecified atom stereocenters. The lowest BCUT2D eigenvalue weighted by Crippen LogP contribution is -2.48. The fourth-order valence-electron chi connectivity index (χ4n) is 2.69. The van der Waals surface area contributed by atoms with Crippen molar-refractivity contribution in [3.63, 3.8) is 0 Å². The number of nitrogens with zero attached hydrogens (tertiary/aromatic N) is 1. The number of amides is 1. The molecule has 2 aromatic rings. The zero-order chi connectivity index (χ0) is 20.7. The molecular weight excluding hydrogens is 416 g/mol. The van der Waals surface area contributed by atoms with Gasteiger partial charge in [0.1, 0.15) is 6.04 Å². The van der Waals surface area contributed by atoms with Gasteiger partial charge in [-0.15, -0.1) is 0 Å². The maximum atomic E-state index is 12.5. The summed E-state index contributed by atoms with van der Waals surface area (Å²) in [5, 5.41) is 3.22. The van der Waals surface area contributed by atoms with Gasteiger partial charge in [-0.2, -0.15) is 11.8 Å². The van der Waals surface area contributed by atoms with E-state index in [1.807, 2.05) is 0 Å². The molecule has 0 heterocycles. The summed E-state index contributed by atoms with van der Waals surface area (Å²) in [5.74, 6) is 1.26. The van der Waals surface area contributed by atoms with Crippen LogP contribution in [0.3, 0.4) is 0 Å². The number of anilines is 1. The quantitative estimate of drug-likeness (QED) is 0.601. The lowest BCUT2D eigenvalue weighted by atomic mass is 10.2. The molecule has 152 valence electrons. The molecule has 8 heteroatoms. The molecule has 0 saturated carbocycles. The van der Waals surface area contributed by atoms with Crippen molar-refractivity contribution < 1.29 is 13.2 Å². The fourth-order valence-corrected chi connectivity index (χ4v) is 4.86. The van der Waals surface area contributed by atoms with E-state index in [9.17, 15) is 13.2 Å². The predicted octanol–water partition coefficient (Wildman–Crippen LogP) is 3.85. The van der Waals surface area contributed by atoms with Crippen molar-refractivity contribution in [3.8, 4) is 0 Å². The zero-order valence-corrected chi connectivity index (χ0v) is 18.6. The van der Waals surface area contributed by atoms with Gasteiger partial charge in [-0.25, -0.2) is 8.42 Å². The maximum Gasteiger partial charge on any atom is 0.243 e. The molecule has 0 aliphatic carbocycles. The Morgan fingerprint density at radius 1 is 1.21 bits per heavy atom. The summed E-state index contributed by atoms with van der Waals surface area (Å²) in [6.45, 7) is 4.08. The van der Waals surface area contributed by atoms with E-state index in [0.29, 0.717) is 17.3 Å². The fraction of sp³-hybridized carbons (Fsp3) is 0.350. The average molecular weight is 441 g/mol. The van der Waals surface area contributed by atoms with Crippen LogP contribution in [-0.4, -0.2) is 38.9 Å². The van der Waals surface area contributed by atoms with E-state index in [2.05, 4.69) is 36.5 Å². The summed E-state index contributed by atoms with van der Waals surface area (Å²) in [4.78, 5) is 12.5. The Balaban J connectivity index is 1.89. The second kappa shape index (κ2) is 10.2. The van der Waals surface area contributed by atoms with Gasteiger partial charge in [-0.3, -0.25) is 9.10 Å². The highest BCUT2D eigenvalue weighted by molar-refractivity contribution is 7.98. The Morgan fingerprint density at radius 2 is 1.89 bits per heavy atom. The van der Waals surface area contributed by atoms with E-state index in [4.69, 9.17) is 11.6 Å². The first-order valence-corrected chi connectivity index (χ1v) is 12.2. The van der Waals surface area contributed by atoms with E-state index in [0.717, 1.165) is 22.1 Å². The second-order valence-electron chi connectivity index (χ2n) is 6.54. The highest BCUT2D eigenvalue weighted by Crippen LogP contribution is 2.24. The molecule has 0 aromatic heterocycles. The molecular formula is C20H25ClN2O3S2. The number of sulfonamides is 1. The molecule has 0 fully saturated rings. The highest BCUT2D eigenvalue weighted by atomic mass is 35.5. The van der Waals surface area contributed by atoms with Gasteiger partial charge in [0.15, 0.2) is 0 Å². The second-order valence-corrected chi connectivity index (χ2v) is 9.94. The Kier molecular flexibility index (Phi) is 8.22. The van der Waals surface area contributed by atoms with Crippen LogP contribution in [-0.2, 0) is 20.6 Å². The largest absolute Gasteiger partial charge is 0.353 e. The third kappa shape index (κ3) is 6.72. The first kappa shape index (κ1) is 22.6. The van der Waals surface area contributed by atoms with E-state index in [1.165, 1.54) is 17.2 Å². The topological polar surface area (TPSA) is 66.5 Å². The molecule has 1 amide bonds. The molecule has 28 heavy (non-hydrogen) atoms. The summed E-state index contributed by atoms with van der Waals surface area (Å²) in [6, 6.07) is 13.9. The molecule has 5 nitrogen and oxygen atoms in total. The van der Waals surface area contributed by atoms with Gasteiger partial charge in [0.25, 0.3) is 0 Å². The smallest absolute Gasteiger partial charge is 0.243 e. The van der Waals surface area contributed by atoms with Gasteiger partial charge in [0, 0.05) is 23.1 Å². The normalized spacial score (nSPS) is 12.4. The number of benzene rings is 2. The Hall–Kier alpha value is -1.70. The van der Waals surface area contributed by atoms with Gasteiger partial charge < -0.3 is 5.32 Å². The number of hydrogen-bond donors (Lipinski definition) is 1.